The number of ketones is 1. The average molecular weight is 865 g/mol. The molecular weight excluding hydrogens is 789 g/mol. The van der Waals surface area contributed by atoms with Gasteiger partial charge in [0.15, 0.2) is 0 Å². The van der Waals surface area contributed by atoms with E-state index in [0.717, 1.165) is 24.0 Å². The molecule has 0 aromatic heterocycles. The topological polar surface area (TPSA) is 226 Å². The van der Waals surface area contributed by atoms with Crippen molar-refractivity contribution in [2.45, 2.75) is 84.2 Å². The summed E-state index contributed by atoms with van der Waals surface area (Å²) in [7, 11) is 1.86. The zero-order valence-electron chi connectivity index (χ0n) is 37.9. The summed E-state index contributed by atoms with van der Waals surface area (Å²) in [6.45, 7) is 7.07. The number of nitrogens with two attached hydrogens (primary N) is 4. The van der Waals surface area contributed by atoms with Crippen LogP contribution in [0.25, 0.3) is 0 Å². The summed E-state index contributed by atoms with van der Waals surface area (Å²) < 4.78 is 0. The van der Waals surface area contributed by atoms with E-state index in [1.165, 1.54) is 31.4 Å². The molecule has 2 atom stereocenters. The molecule has 0 aliphatic heterocycles. The van der Waals surface area contributed by atoms with Gasteiger partial charge in [0.25, 0.3) is 0 Å². The highest BCUT2D eigenvalue weighted by Crippen LogP contribution is 2.23. The molecule has 346 valence electrons. The molecule has 0 bridgehead atoms. The number of unbranched alkanes of at least 4 members (excludes halogenated alkanes) is 4. The Morgan fingerprint density at radius 2 is 0.758 bits per heavy atom. The van der Waals surface area contributed by atoms with Gasteiger partial charge in [0, 0.05) is 19.6 Å². The highest BCUT2D eigenvalue weighted by Gasteiger charge is 2.32. The van der Waals surface area contributed by atoms with Crippen LogP contribution in [-0.2, 0) is 28.8 Å². The summed E-state index contributed by atoms with van der Waals surface area (Å²) in [5.74, 6) is -2.14. The third-order valence-corrected chi connectivity index (χ3v) is 10.9. The number of hydrogen-bond acceptors (Lipinski definition) is 11. The number of likely N-dealkylation sites (N-methyl/N-ethyl adjacent to an activating group) is 1. The van der Waals surface area contributed by atoms with Crippen molar-refractivity contribution in [3.63, 3.8) is 0 Å². The number of nitrogens with zero attached hydrogens (tertiary/aromatic N) is 6. The smallest absolute Gasteiger partial charge is 0.243 e. The number of amides is 5. The van der Waals surface area contributed by atoms with Crippen molar-refractivity contribution in [2.24, 2.45) is 22.9 Å². The Morgan fingerprint density at radius 3 is 1.13 bits per heavy atom. The summed E-state index contributed by atoms with van der Waals surface area (Å²) >= 11 is 0. The van der Waals surface area contributed by atoms with Crippen molar-refractivity contribution >= 4 is 35.3 Å². The average Bonchev–Trinajstić information content (AvgIpc) is 3.26. The lowest BCUT2D eigenvalue weighted by molar-refractivity contribution is -0.149. The lowest BCUT2D eigenvalue weighted by Gasteiger charge is -2.35. The first-order valence-corrected chi connectivity index (χ1v) is 22.3. The zero-order valence-corrected chi connectivity index (χ0v) is 37.9. The number of rotatable bonds is 32. The van der Waals surface area contributed by atoms with Crippen LogP contribution in [0, 0.1) is 0 Å². The van der Waals surface area contributed by atoms with Gasteiger partial charge >= 0.3 is 0 Å². The van der Waals surface area contributed by atoms with E-state index < -0.39 is 35.7 Å². The van der Waals surface area contributed by atoms with Gasteiger partial charge in [0.05, 0.1) is 44.8 Å². The molecule has 16 heteroatoms. The maximum Gasteiger partial charge on any atom is 0.243 e. The zero-order chi connectivity index (χ0) is 45.9. The van der Waals surface area contributed by atoms with E-state index in [-0.39, 0.29) is 64.0 Å². The molecule has 8 N–H and O–H groups in total. The minimum absolute atomic E-state index is 0.124. The second kappa shape index (κ2) is 30.3. The highest BCUT2D eigenvalue weighted by atomic mass is 16.2. The lowest BCUT2D eigenvalue weighted by atomic mass is 10.1. The van der Waals surface area contributed by atoms with Crippen LogP contribution in [0.4, 0.5) is 0 Å². The molecule has 2 rings (SSSR count). The van der Waals surface area contributed by atoms with Gasteiger partial charge in [-0.1, -0.05) is 60.7 Å². The van der Waals surface area contributed by atoms with Gasteiger partial charge in [-0.05, 0) is 123 Å². The minimum Gasteiger partial charge on any atom is -0.332 e. The number of carbonyl (C=O) groups is 6. The van der Waals surface area contributed by atoms with Crippen LogP contribution in [0.1, 0.15) is 95.3 Å². The fraction of sp³-hybridized carbons (Fsp3) is 0.609. The predicted octanol–water partition coefficient (Wildman–Crippen LogP) is 2.13. The number of benzene rings is 2. The quantitative estimate of drug-likeness (QED) is 0.0780. The van der Waals surface area contributed by atoms with E-state index in [0.29, 0.717) is 77.8 Å². The molecule has 0 saturated heterocycles. The molecule has 0 radical (unpaired) electrons. The van der Waals surface area contributed by atoms with Gasteiger partial charge in [-0.3, -0.25) is 33.7 Å². The van der Waals surface area contributed by atoms with Crippen molar-refractivity contribution < 1.29 is 28.8 Å². The van der Waals surface area contributed by atoms with Gasteiger partial charge in [0.1, 0.15) is 12.3 Å². The SMILES string of the molecule is CC(=O)CN(C(=O)CN(CCCCN)C(=O)CN(C(=O)CN(CCCCN)C(=O)CN(CCCCN)C(=O)CN(C)CCCCN)[C@@H](C)c1ccccc1)[C@@H](C)c1ccccc1. The second-order valence-electron chi connectivity index (χ2n) is 16.1. The standard InChI is InChI=1S/C46H76N10O6/c1-37(57)31-55(38(2)40-19-7-5-8-20-40)45(61)34-54(30-18-14-26-50)44(60)36-56(39(3)41-21-9-6-10-22-41)46(62)35-53(29-17-13-25-49)43(59)33-52(28-16-12-24-48)42(58)32-51(4)27-15-11-23-47/h5-10,19-22,38-39H,11-18,23-36,47-50H2,1-4H3/t38-,39-/m0/s1. The highest BCUT2D eigenvalue weighted by molar-refractivity contribution is 5.92. The molecule has 0 aliphatic rings. The molecule has 0 spiro atoms. The number of Topliss-reactive ketones (excluding diaryl/α,β-unsaturated/α-hetero) is 1. The van der Waals surface area contributed by atoms with Gasteiger partial charge in [0.2, 0.25) is 29.5 Å². The van der Waals surface area contributed by atoms with Gasteiger partial charge in [-0.25, -0.2) is 0 Å². The van der Waals surface area contributed by atoms with Crippen LogP contribution in [0.3, 0.4) is 0 Å². The number of carbonyl (C=O) groups excluding carboxylic acids is 6. The molecule has 62 heavy (non-hydrogen) atoms. The third kappa shape index (κ3) is 19.5. The van der Waals surface area contributed by atoms with Gasteiger partial charge < -0.3 is 47.4 Å². The van der Waals surface area contributed by atoms with Crippen LogP contribution in [0.5, 0.6) is 0 Å². The third-order valence-electron chi connectivity index (χ3n) is 10.9. The predicted molar refractivity (Wildman–Crippen MR) is 244 cm³/mol. The van der Waals surface area contributed by atoms with Crippen LogP contribution in [0.2, 0.25) is 0 Å². The lowest BCUT2D eigenvalue weighted by Crippen LogP contribution is -2.52. The maximum absolute atomic E-state index is 14.6. The van der Waals surface area contributed by atoms with Crippen molar-refractivity contribution in [1.82, 2.24) is 29.4 Å². The van der Waals surface area contributed by atoms with E-state index in [2.05, 4.69) is 0 Å². The first-order valence-electron chi connectivity index (χ1n) is 22.3. The Labute approximate surface area is 370 Å². The summed E-state index contributed by atoms with van der Waals surface area (Å²) in [5, 5.41) is 0. The minimum atomic E-state index is -0.591. The molecule has 5 amide bonds. The van der Waals surface area contributed by atoms with E-state index in [9.17, 15) is 28.8 Å². The molecule has 16 nitrogen and oxygen atoms in total. The van der Waals surface area contributed by atoms with E-state index in [4.69, 9.17) is 22.9 Å². The Kier molecular flexibility index (Phi) is 26.1. The number of hydrogen-bond donors (Lipinski definition) is 4. The summed E-state index contributed by atoms with van der Waals surface area (Å²) in [6, 6.07) is 17.6. The Hall–Kier alpha value is -4.74. The van der Waals surface area contributed by atoms with Gasteiger partial charge in [-0.2, -0.15) is 0 Å². The molecule has 0 saturated carbocycles. The van der Waals surface area contributed by atoms with Crippen LogP contribution >= 0.6 is 0 Å². The first-order chi connectivity index (χ1) is 29.8. The summed E-state index contributed by atoms with van der Waals surface area (Å²) in [6.07, 6.45) is 5.25. The normalized spacial score (nSPS) is 12.1. The van der Waals surface area contributed by atoms with Crippen molar-refractivity contribution in [3.8, 4) is 0 Å². The first kappa shape index (κ1) is 53.4. The monoisotopic (exact) mass is 865 g/mol. The van der Waals surface area contributed by atoms with Crippen molar-refractivity contribution in [3.05, 3.63) is 71.8 Å². The second-order valence-corrected chi connectivity index (χ2v) is 16.1. The summed E-state index contributed by atoms with van der Waals surface area (Å²) in [4.78, 5) is 92.6. The fourth-order valence-electron chi connectivity index (χ4n) is 7.12. The van der Waals surface area contributed by atoms with Gasteiger partial charge in [-0.15, -0.1) is 0 Å². The van der Waals surface area contributed by atoms with Crippen LogP contribution < -0.4 is 22.9 Å². The molecular formula is C46H76N10O6. The Bertz CT molecular complexity index is 1630. The summed E-state index contributed by atoms with van der Waals surface area (Å²) in [5.41, 5.74) is 24.7. The molecule has 0 unspecified atom stereocenters. The Morgan fingerprint density at radius 1 is 0.435 bits per heavy atom. The molecule has 2 aromatic carbocycles. The molecule has 0 aliphatic carbocycles. The van der Waals surface area contributed by atoms with E-state index in [1.54, 1.807) is 0 Å². The molecule has 0 heterocycles. The fourth-order valence-corrected chi connectivity index (χ4v) is 7.12. The largest absolute Gasteiger partial charge is 0.332 e. The molecule has 0 fully saturated rings. The van der Waals surface area contributed by atoms with Crippen LogP contribution in [0.15, 0.2) is 60.7 Å². The van der Waals surface area contributed by atoms with Crippen LogP contribution in [-0.4, -0.2) is 163 Å². The van der Waals surface area contributed by atoms with Crippen molar-refractivity contribution in [2.75, 3.05) is 98.7 Å². The van der Waals surface area contributed by atoms with E-state index >= 15 is 0 Å². The van der Waals surface area contributed by atoms with E-state index in [1.807, 2.05) is 86.5 Å². The van der Waals surface area contributed by atoms with Crippen molar-refractivity contribution in [1.29, 1.82) is 0 Å². The molecule has 2 aromatic rings. The maximum atomic E-state index is 14.6. The Balaban J connectivity index is 2.46.